The lowest BCUT2D eigenvalue weighted by atomic mass is 9.76. The highest BCUT2D eigenvalue weighted by Crippen LogP contribution is 2.38. The highest BCUT2D eigenvalue weighted by atomic mass is 16.4. The SMILES string of the molecule is CC1(C)CCc2c(-c3cc4ccccc4n3C(=O)O)n[nH]c2C1. The van der Waals surface area contributed by atoms with Crippen molar-refractivity contribution in [3.63, 3.8) is 0 Å². The van der Waals surface area contributed by atoms with Crippen LogP contribution in [0.3, 0.4) is 0 Å². The molecule has 2 heterocycles. The van der Waals surface area contributed by atoms with Crippen molar-refractivity contribution >= 4 is 17.0 Å². The van der Waals surface area contributed by atoms with Crippen LogP contribution in [0, 0.1) is 5.41 Å². The Labute approximate surface area is 133 Å². The van der Waals surface area contributed by atoms with Gasteiger partial charge >= 0.3 is 6.09 Å². The van der Waals surface area contributed by atoms with Crippen LogP contribution >= 0.6 is 0 Å². The topological polar surface area (TPSA) is 70.9 Å². The molecule has 1 aliphatic rings. The quantitative estimate of drug-likeness (QED) is 0.711. The van der Waals surface area contributed by atoms with Crippen molar-refractivity contribution in [3.05, 3.63) is 41.6 Å². The minimum atomic E-state index is -0.978. The number of hydrogen-bond donors (Lipinski definition) is 2. The van der Waals surface area contributed by atoms with E-state index >= 15 is 0 Å². The largest absolute Gasteiger partial charge is 0.464 e. The summed E-state index contributed by atoms with van der Waals surface area (Å²) < 4.78 is 1.34. The average molecular weight is 309 g/mol. The Morgan fingerprint density at radius 1 is 1.35 bits per heavy atom. The minimum Gasteiger partial charge on any atom is -0.464 e. The van der Waals surface area contributed by atoms with Crippen LogP contribution in [0.25, 0.3) is 22.3 Å². The van der Waals surface area contributed by atoms with E-state index in [0.29, 0.717) is 11.2 Å². The molecule has 0 bridgehead atoms. The standard InChI is InChI=1S/C18H19N3O2/c1-18(2)8-7-12-13(10-18)19-20-16(12)15-9-11-5-3-4-6-14(11)21(15)17(22)23/h3-6,9H,7-8,10H2,1-2H3,(H,19,20)(H,22,23). The number of aromatic amines is 1. The van der Waals surface area contributed by atoms with Crippen LogP contribution in [-0.2, 0) is 12.8 Å². The van der Waals surface area contributed by atoms with Gasteiger partial charge in [0.15, 0.2) is 0 Å². The predicted molar refractivity (Wildman–Crippen MR) is 88.7 cm³/mol. The Hall–Kier alpha value is -2.56. The highest BCUT2D eigenvalue weighted by molar-refractivity contribution is 5.95. The van der Waals surface area contributed by atoms with Gasteiger partial charge in [0.05, 0.1) is 11.2 Å². The molecule has 0 fully saturated rings. The van der Waals surface area contributed by atoms with Gasteiger partial charge in [-0.15, -0.1) is 0 Å². The maximum Gasteiger partial charge on any atom is 0.416 e. The van der Waals surface area contributed by atoms with Crippen molar-refractivity contribution in [3.8, 4) is 11.4 Å². The number of rotatable bonds is 1. The van der Waals surface area contributed by atoms with Gasteiger partial charge < -0.3 is 5.11 Å². The summed E-state index contributed by atoms with van der Waals surface area (Å²) >= 11 is 0. The maximum atomic E-state index is 11.8. The molecule has 0 amide bonds. The van der Waals surface area contributed by atoms with Gasteiger partial charge in [0.25, 0.3) is 0 Å². The van der Waals surface area contributed by atoms with Gasteiger partial charge in [-0.3, -0.25) is 5.10 Å². The molecular formula is C18H19N3O2. The Morgan fingerprint density at radius 2 is 2.13 bits per heavy atom. The first kappa shape index (κ1) is 14.1. The zero-order chi connectivity index (χ0) is 16.2. The number of para-hydroxylation sites is 1. The maximum absolute atomic E-state index is 11.8. The molecule has 0 saturated heterocycles. The molecule has 0 saturated carbocycles. The van der Waals surface area contributed by atoms with Gasteiger partial charge in [0.2, 0.25) is 0 Å². The van der Waals surface area contributed by atoms with Crippen LogP contribution in [0.15, 0.2) is 30.3 Å². The normalized spacial score (nSPS) is 16.4. The monoisotopic (exact) mass is 309 g/mol. The predicted octanol–water partition coefficient (Wildman–Crippen LogP) is 4.07. The number of carbonyl (C=O) groups is 1. The first-order valence-electron chi connectivity index (χ1n) is 7.86. The molecule has 5 heteroatoms. The van der Waals surface area contributed by atoms with Crippen LogP contribution in [0.5, 0.6) is 0 Å². The number of hydrogen-bond acceptors (Lipinski definition) is 2. The molecule has 0 radical (unpaired) electrons. The summed E-state index contributed by atoms with van der Waals surface area (Å²) in [5.74, 6) is 0. The van der Waals surface area contributed by atoms with Gasteiger partial charge in [-0.1, -0.05) is 32.0 Å². The first-order valence-corrected chi connectivity index (χ1v) is 7.86. The molecule has 0 unspecified atom stereocenters. The van der Waals surface area contributed by atoms with E-state index in [0.717, 1.165) is 41.6 Å². The van der Waals surface area contributed by atoms with E-state index in [-0.39, 0.29) is 5.41 Å². The molecule has 2 aromatic heterocycles. The lowest BCUT2D eigenvalue weighted by molar-refractivity contribution is 0.198. The molecule has 0 aliphatic heterocycles. The Morgan fingerprint density at radius 3 is 2.91 bits per heavy atom. The van der Waals surface area contributed by atoms with E-state index in [1.807, 2.05) is 30.3 Å². The van der Waals surface area contributed by atoms with E-state index in [9.17, 15) is 9.90 Å². The summed E-state index contributed by atoms with van der Waals surface area (Å²) in [5, 5.41) is 18.2. The van der Waals surface area contributed by atoms with E-state index in [1.165, 1.54) is 4.57 Å². The van der Waals surface area contributed by atoms with Crippen molar-refractivity contribution in [2.45, 2.75) is 33.1 Å². The van der Waals surface area contributed by atoms with Gasteiger partial charge in [0, 0.05) is 16.6 Å². The van der Waals surface area contributed by atoms with Crippen LogP contribution in [0.1, 0.15) is 31.5 Å². The lowest BCUT2D eigenvalue weighted by Crippen LogP contribution is -2.22. The van der Waals surface area contributed by atoms with E-state index in [4.69, 9.17) is 0 Å². The van der Waals surface area contributed by atoms with E-state index < -0.39 is 6.09 Å². The van der Waals surface area contributed by atoms with Crippen molar-refractivity contribution in [1.82, 2.24) is 14.8 Å². The fraction of sp³-hybridized carbons (Fsp3) is 0.333. The molecule has 0 atom stereocenters. The number of nitrogens with zero attached hydrogens (tertiary/aromatic N) is 2. The zero-order valence-electron chi connectivity index (χ0n) is 13.3. The molecule has 3 aromatic rings. The van der Waals surface area contributed by atoms with Crippen LogP contribution < -0.4 is 0 Å². The van der Waals surface area contributed by atoms with Crippen molar-refractivity contribution in [1.29, 1.82) is 0 Å². The molecule has 5 nitrogen and oxygen atoms in total. The molecular weight excluding hydrogens is 290 g/mol. The van der Waals surface area contributed by atoms with Crippen LogP contribution in [0.4, 0.5) is 4.79 Å². The Bertz CT molecular complexity index is 918. The van der Waals surface area contributed by atoms with Crippen molar-refractivity contribution < 1.29 is 9.90 Å². The molecule has 118 valence electrons. The second kappa shape index (κ2) is 4.72. The number of carboxylic acid groups (broad SMARTS) is 1. The summed E-state index contributed by atoms with van der Waals surface area (Å²) in [4.78, 5) is 11.8. The summed E-state index contributed by atoms with van der Waals surface area (Å²) in [5.41, 5.74) is 4.68. The third-order valence-corrected chi connectivity index (χ3v) is 4.80. The van der Waals surface area contributed by atoms with Gasteiger partial charge in [0.1, 0.15) is 5.69 Å². The van der Waals surface area contributed by atoms with Crippen LogP contribution in [-0.4, -0.2) is 26.0 Å². The number of fused-ring (bicyclic) bond motifs is 2. The van der Waals surface area contributed by atoms with Gasteiger partial charge in [-0.2, -0.15) is 5.10 Å². The fourth-order valence-electron chi connectivity index (χ4n) is 3.59. The number of H-pyrrole nitrogens is 1. The number of nitrogens with one attached hydrogen (secondary N) is 1. The second-order valence-electron chi connectivity index (χ2n) is 7.08. The molecule has 2 N–H and O–H groups in total. The van der Waals surface area contributed by atoms with Crippen molar-refractivity contribution in [2.75, 3.05) is 0 Å². The third-order valence-electron chi connectivity index (χ3n) is 4.80. The van der Waals surface area contributed by atoms with E-state index in [1.54, 1.807) is 0 Å². The summed E-state index contributed by atoms with van der Waals surface area (Å²) in [6, 6.07) is 9.45. The van der Waals surface area contributed by atoms with Crippen LogP contribution in [0.2, 0.25) is 0 Å². The number of aromatic nitrogens is 3. The molecule has 4 rings (SSSR count). The molecule has 0 spiro atoms. The zero-order valence-corrected chi connectivity index (χ0v) is 13.3. The Balaban J connectivity index is 1.93. The summed E-state index contributed by atoms with van der Waals surface area (Å²) in [6.07, 6.45) is 1.98. The summed E-state index contributed by atoms with van der Waals surface area (Å²) in [6.45, 7) is 4.51. The average Bonchev–Trinajstić information content (AvgIpc) is 3.05. The second-order valence-corrected chi connectivity index (χ2v) is 7.08. The highest BCUT2D eigenvalue weighted by Gasteiger charge is 2.30. The minimum absolute atomic E-state index is 0.260. The Kier molecular flexibility index (Phi) is 2.88. The first-order chi connectivity index (χ1) is 11.0. The lowest BCUT2D eigenvalue weighted by Gasteiger charge is -2.29. The van der Waals surface area contributed by atoms with Crippen molar-refractivity contribution in [2.24, 2.45) is 5.41 Å². The third kappa shape index (κ3) is 2.15. The van der Waals surface area contributed by atoms with E-state index in [2.05, 4.69) is 24.0 Å². The molecule has 1 aromatic carbocycles. The molecule has 23 heavy (non-hydrogen) atoms. The summed E-state index contributed by atoms with van der Waals surface area (Å²) in [7, 11) is 0. The van der Waals surface area contributed by atoms with Gasteiger partial charge in [-0.25, -0.2) is 9.36 Å². The molecule has 1 aliphatic carbocycles. The number of benzene rings is 1. The van der Waals surface area contributed by atoms with Gasteiger partial charge in [-0.05, 0) is 36.8 Å². The fourth-order valence-corrected chi connectivity index (χ4v) is 3.59. The smallest absolute Gasteiger partial charge is 0.416 e.